The second-order valence-electron chi connectivity index (χ2n) is 5.43. The van der Waals surface area contributed by atoms with E-state index in [4.69, 9.17) is 0 Å². The van der Waals surface area contributed by atoms with Crippen LogP contribution in [0.15, 0.2) is 36.7 Å². The number of nitrogens with zero attached hydrogens (tertiary/aromatic N) is 1. The van der Waals surface area contributed by atoms with E-state index in [0.29, 0.717) is 12.2 Å². The maximum Gasteiger partial charge on any atom is 0.352 e. The molecule has 5 nitrogen and oxygen atoms in total. The Kier molecular flexibility index (Phi) is 3.44. The van der Waals surface area contributed by atoms with Crippen LogP contribution in [-0.4, -0.2) is 32.5 Å². The second kappa shape index (κ2) is 5.17. The molecule has 0 unspecified atom stereocenters. The standard InChI is InChI=1S/C15H15F2N3O2/c16-15(17,14(22)6-1-7-14)13(21)20-11-4-2-10(3-5-11)12-18-8-9-19-12/h2-5,8-9,22H,1,6-7H2,(H,18,19)(H,20,21). The van der Waals surface area contributed by atoms with Gasteiger partial charge >= 0.3 is 5.92 Å². The molecule has 7 heteroatoms. The molecule has 0 bridgehead atoms. The fourth-order valence-corrected chi connectivity index (χ4v) is 2.38. The number of aromatic amines is 1. The molecule has 2 aromatic rings. The van der Waals surface area contributed by atoms with Gasteiger partial charge in [0.05, 0.1) is 0 Å². The van der Waals surface area contributed by atoms with Gasteiger partial charge in [0.15, 0.2) is 0 Å². The van der Waals surface area contributed by atoms with Crippen molar-refractivity contribution in [3.05, 3.63) is 36.7 Å². The molecule has 1 aromatic heterocycles. The van der Waals surface area contributed by atoms with E-state index in [0.717, 1.165) is 5.56 Å². The molecular weight excluding hydrogens is 292 g/mol. The average molecular weight is 307 g/mol. The number of imidazole rings is 1. The van der Waals surface area contributed by atoms with Crippen molar-refractivity contribution in [1.29, 1.82) is 0 Å². The molecule has 0 spiro atoms. The first-order chi connectivity index (χ1) is 10.4. The van der Waals surface area contributed by atoms with Crippen molar-refractivity contribution in [2.24, 2.45) is 0 Å². The van der Waals surface area contributed by atoms with Crippen LogP contribution in [-0.2, 0) is 4.79 Å². The highest BCUT2D eigenvalue weighted by molar-refractivity contribution is 5.97. The Balaban J connectivity index is 1.72. The number of H-pyrrole nitrogens is 1. The summed E-state index contributed by atoms with van der Waals surface area (Å²) in [6.07, 6.45) is 3.64. The normalized spacial score (nSPS) is 16.9. The van der Waals surface area contributed by atoms with Gasteiger partial charge in [-0.15, -0.1) is 0 Å². The van der Waals surface area contributed by atoms with Gasteiger partial charge in [0.1, 0.15) is 11.4 Å². The zero-order chi connectivity index (χ0) is 15.8. The highest BCUT2D eigenvalue weighted by Gasteiger charge is 2.61. The molecule has 3 N–H and O–H groups in total. The molecule has 116 valence electrons. The van der Waals surface area contributed by atoms with Gasteiger partial charge < -0.3 is 15.4 Å². The third-order valence-electron chi connectivity index (χ3n) is 3.96. The first kappa shape index (κ1) is 14.6. The number of hydrogen-bond acceptors (Lipinski definition) is 3. The summed E-state index contributed by atoms with van der Waals surface area (Å²) in [5.74, 6) is -4.64. The summed E-state index contributed by atoms with van der Waals surface area (Å²) in [4.78, 5) is 18.7. The summed E-state index contributed by atoms with van der Waals surface area (Å²) in [6, 6.07) is 6.34. The molecule has 1 fully saturated rings. The first-order valence-corrected chi connectivity index (χ1v) is 6.94. The van der Waals surface area contributed by atoms with Crippen molar-refractivity contribution in [1.82, 2.24) is 9.97 Å². The van der Waals surface area contributed by atoms with Gasteiger partial charge in [-0.1, -0.05) is 0 Å². The van der Waals surface area contributed by atoms with E-state index in [-0.39, 0.29) is 18.5 Å². The molecule has 0 aliphatic heterocycles. The third-order valence-corrected chi connectivity index (χ3v) is 3.96. The zero-order valence-electron chi connectivity index (χ0n) is 11.6. The summed E-state index contributed by atoms with van der Waals surface area (Å²) in [6.45, 7) is 0. The Hall–Kier alpha value is -2.28. The fraction of sp³-hybridized carbons (Fsp3) is 0.333. The van der Waals surface area contributed by atoms with Crippen LogP contribution >= 0.6 is 0 Å². The molecule has 0 radical (unpaired) electrons. The van der Waals surface area contributed by atoms with Crippen LogP contribution in [0.2, 0.25) is 0 Å². The number of alkyl halides is 2. The minimum atomic E-state index is -3.80. The highest BCUT2D eigenvalue weighted by Crippen LogP contribution is 2.44. The van der Waals surface area contributed by atoms with Gasteiger partial charge in [-0.2, -0.15) is 8.78 Å². The third kappa shape index (κ3) is 2.37. The maximum absolute atomic E-state index is 14.0. The number of amides is 1. The monoisotopic (exact) mass is 307 g/mol. The van der Waals surface area contributed by atoms with Gasteiger partial charge in [0, 0.05) is 23.6 Å². The number of aliphatic hydroxyl groups is 1. The maximum atomic E-state index is 14.0. The van der Waals surface area contributed by atoms with E-state index >= 15 is 0 Å². The predicted octanol–water partition coefficient (Wildman–Crippen LogP) is 2.57. The van der Waals surface area contributed by atoms with Gasteiger partial charge in [-0.25, -0.2) is 4.98 Å². The van der Waals surface area contributed by atoms with E-state index in [9.17, 15) is 18.7 Å². The summed E-state index contributed by atoms with van der Waals surface area (Å²) in [7, 11) is 0. The number of rotatable bonds is 4. The van der Waals surface area contributed by atoms with Crippen LogP contribution in [0, 0.1) is 0 Å². The molecular formula is C15H15F2N3O2. The molecule has 1 aromatic carbocycles. The summed E-state index contributed by atoms with van der Waals surface area (Å²) >= 11 is 0. The lowest BCUT2D eigenvalue weighted by Gasteiger charge is -2.41. The van der Waals surface area contributed by atoms with Gasteiger partial charge in [-0.3, -0.25) is 4.79 Å². The van der Waals surface area contributed by atoms with E-state index < -0.39 is 17.4 Å². The molecule has 1 amide bonds. The quantitative estimate of drug-likeness (QED) is 0.812. The smallest absolute Gasteiger partial charge is 0.352 e. The summed E-state index contributed by atoms with van der Waals surface area (Å²) < 4.78 is 27.9. The molecule has 22 heavy (non-hydrogen) atoms. The Morgan fingerprint density at radius 3 is 2.50 bits per heavy atom. The molecule has 1 heterocycles. The van der Waals surface area contributed by atoms with E-state index in [2.05, 4.69) is 15.3 Å². The minimum Gasteiger partial charge on any atom is -0.383 e. The molecule has 1 aliphatic carbocycles. The van der Waals surface area contributed by atoms with Crippen molar-refractivity contribution < 1.29 is 18.7 Å². The Morgan fingerprint density at radius 1 is 1.32 bits per heavy atom. The lowest BCUT2D eigenvalue weighted by molar-refractivity contribution is -0.212. The Morgan fingerprint density at radius 2 is 2.00 bits per heavy atom. The summed E-state index contributed by atoms with van der Waals surface area (Å²) in [5, 5.41) is 11.9. The Labute approximate surface area is 125 Å². The van der Waals surface area contributed by atoms with Crippen LogP contribution in [0.1, 0.15) is 19.3 Å². The first-order valence-electron chi connectivity index (χ1n) is 6.94. The number of anilines is 1. The second-order valence-corrected chi connectivity index (χ2v) is 5.43. The van der Waals surface area contributed by atoms with Crippen LogP contribution in [0.25, 0.3) is 11.4 Å². The number of benzene rings is 1. The number of halogens is 2. The van der Waals surface area contributed by atoms with E-state index in [1.807, 2.05) is 0 Å². The number of hydrogen-bond donors (Lipinski definition) is 3. The summed E-state index contributed by atoms with van der Waals surface area (Å²) in [5.41, 5.74) is -1.21. The zero-order valence-corrected chi connectivity index (χ0v) is 11.6. The Bertz CT molecular complexity index is 665. The number of carbonyl (C=O) groups is 1. The van der Waals surface area contributed by atoms with Crippen molar-refractivity contribution in [2.45, 2.75) is 30.8 Å². The molecule has 1 saturated carbocycles. The number of nitrogens with one attached hydrogen (secondary N) is 2. The average Bonchev–Trinajstić information content (AvgIpc) is 2.99. The van der Waals surface area contributed by atoms with Gasteiger partial charge in [0.25, 0.3) is 5.91 Å². The van der Waals surface area contributed by atoms with Crippen molar-refractivity contribution in [2.75, 3.05) is 5.32 Å². The van der Waals surface area contributed by atoms with Crippen LogP contribution < -0.4 is 5.32 Å². The van der Waals surface area contributed by atoms with Crippen molar-refractivity contribution in [3.8, 4) is 11.4 Å². The fourth-order valence-electron chi connectivity index (χ4n) is 2.38. The number of carbonyl (C=O) groups excluding carboxylic acids is 1. The molecule has 1 aliphatic rings. The molecule has 3 rings (SSSR count). The molecule has 0 atom stereocenters. The van der Waals surface area contributed by atoms with Crippen LogP contribution in [0.3, 0.4) is 0 Å². The van der Waals surface area contributed by atoms with Crippen molar-refractivity contribution in [3.63, 3.8) is 0 Å². The van der Waals surface area contributed by atoms with Crippen LogP contribution in [0.5, 0.6) is 0 Å². The topological polar surface area (TPSA) is 78.0 Å². The van der Waals surface area contributed by atoms with E-state index in [1.54, 1.807) is 24.5 Å². The lowest BCUT2D eigenvalue weighted by atomic mass is 9.75. The largest absolute Gasteiger partial charge is 0.383 e. The number of aromatic nitrogens is 2. The predicted molar refractivity (Wildman–Crippen MR) is 76.4 cm³/mol. The van der Waals surface area contributed by atoms with E-state index in [1.165, 1.54) is 12.1 Å². The van der Waals surface area contributed by atoms with Crippen molar-refractivity contribution >= 4 is 11.6 Å². The van der Waals surface area contributed by atoms with Gasteiger partial charge in [-0.05, 0) is 43.5 Å². The highest BCUT2D eigenvalue weighted by atomic mass is 19.3. The van der Waals surface area contributed by atoms with Gasteiger partial charge in [0.2, 0.25) is 0 Å². The minimum absolute atomic E-state index is 0.0646. The lowest BCUT2D eigenvalue weighted by Crippen LogP contribution is -2.59. The van der Waals surface area contributed by atoms with Crippen LogP contribution in [0.4, 0.5) is 14.5 Å². The molecule has 0 saturated heterocycles. The SMILES string of the molecule is O=C(Nc1ccc(-c2ncc[nH]2)cc1)C(F)(F)C1(O)CCC1.